The molecule has 0 fully saturated rings. The lowest BCUT2D eigenvalue weighted by Crippen LogP contribution is -2.35. The first kappa shape index (κ1) is 22.5. The van der Waals surface area contributed by atoms with Gasteiger partial charge in [0.2, 0.25) is 0 Å². The lowest BCUT2D eigenvalue weighted by atomic mass is 10.1. The second-order valence-electron chi connectivity index (χ2n) is 6.74. The number of amides is 1. The van der Waals surface area contributed by atoms with Crippen molar-refractivity contribution in [3.05, 3.63) is 72.4 Å². The Morgan fingerprint density at radius 1 is 1.12 bits per heavy atom. The van der Waals surface area contributed by atoms with Crippen molar-refractivity contribution in [2.75, 3.05) is 24.7 Å². The predicted molar refractivity (Wildman–Crippen MR) is 122 cm³/mol. The van der Waals surface area contributed by atoms with Crippen molar-refractivity contribution in [2.45, 2.75) is 13.3 Å². The van der Waals surface area contributed by atoms with Crippen LogP contribution in [0.15, 0.2) is 66.9 Å². The van der Waals surface area contributed by atoms with Gasteiger partial charge in [-0.25, -0.2) is 4.79 Å². The number of ether oxygens (including phenoxy) is 2. The van der Waals surface area contributed by atoms with Crippen LogP contribution in [-0.2, 0) is 14.3 Å². The van der Waals surface area contributed by atoms with E-state index in [9.17, 15) is 9.59 Å². The van der Waals surface area contributed by atoms with E-state index in [0.29, 0.717) is 18.0 Å². The molecular weight excluding hydrogens is 406 g/mol. The van der Waals surface area contributed by atoms with Gasteiger partial charge < -0.3 is 14.4 Å². The molecule has 0 bridgehead atoms. The lowest BCUT2D eigenvalue weighted by Gasteiger charge is -2.21. The molecule has 3 rings (SSSR count). The third-order valence-electron chi connectivity index (χ3n) is 4.61. The number of nitriles is 1. The molecule has 0 aliphatic carbocycles. The van der Waals surface area contributed by atoms with Crippen LogP contribution in [-0.4, -0.2) is 36.6 Å². The van der Waals surface area contributed by atoms with E-state index in [1.807, 2.05) is 43.3 Å². The molecular formula is C25H23N3O4. The largest absolute Gasteiger partial charge is 0.494 e. The first-order chi connectivity index (χ1) is 15.6. The molecule has 3 aromatic rings. The van der Waals surface area contributed by atoms with Gasteiger partial charge in [-0.3, -0.25) is 9.78 Å². The van der Waals surface area contributed by atoms with Gasteiger partial charge in [0.25, 0.3) is 5.91 Å². The number of fused-ring (bicyclic) bond motifs is 1. The van der Waals surface area contributed by atoms with Gasteiger partial charge in [0.1, 0.15) is 5.75 Å². The van der Waals surface area contributed by atoms with Crippen molar-refractivity contribution in [2.24, 2.45) is 0 Å². The van der Waals surface area contributed by atoms with Crippen molar-refractivity contribution in [3.63, 3.8) is 0 Å². The molecule has 7 heteroatoms. The van der Waals surface area contributed by atoms with Crippen LogP contribution in [0.5, 0.6) is 5.75 Å². The van der Waals surface area contributed by atoms with Crippen LogP contribution in [0.2, 0.25) is 0 Å². The molecule has 1 heterocycles. The van der Waals surface area contributed by atoms with Gasteiger partial charge in [0, 0.05) is 35.5 Å². The SMILES string of the molecule is CCOc1ccc(N(CCC#N)C(=O)COC(=O)/C=C/c2cccc3cccnc23)cc1. The summed E-state index contributed by atoms with van der Waals surface area (Å²) in [5.74, 6) is -0.375. The molecule has 7 nitrogen and oxygen atoms in total. The van der Waals surface area contributed by atoms with E-state index in [-0.39, 0.29) is 13.0 Å². The van der Waals surface area contributed by atoms with Gasteiger partial charge >= 0.3 is 5.97 Å². The number of para-hydroxylation sites is 1. The number of hydrogen-bond donors (Lipinski definition) is 0. The fourth-order valence-corrected chi connectivity index (χ4v) is 3.13. The van der Waals surface area contributed by atoms with Crippen LogP contribution in [0.25, 0.3) is 17.0 Å². The number of hydrogen-bond acceptors (Lipinski definition) is 6. The number of pyridine rings is 1. The van der Waals surface area contributed by atoms with Gasteiger partial charge in [0.05, 0.1) is 24.6 Å². The standard InChI is InChI=1S/C25H23N3O4/c1-2-31-22-12-10-21(11-13-22)28(17-5-15-26)23(29)18-32-24(30)14-9-20-7-3-6-19-8-4-16-27-25(19)20/h3-4,6-14,16H,2,5,17-18H2,1H3/b14-9+. The third-order valence-corrected chi connectivity index (χ3v) is 4.61. The molecule has 0 N–H and O–H groups in total. The van der Waals surface area contributed by atoms with E-state index in [2.05, 4.69) is 4.98 Å². The number of carbonyl (C=O) groups is 2. The molecule has 0 unspecified atom stereocenters. The molecule has 162 valence electrons. The van der Waals surface area contributed by atoms with E-state index < -0.39 is 18.5 Å². The summed E-state index contributed by atoms with van der Waals surface area (Å²) in [7, 11) is 0. The van der Waals surface area contributed by atoms with E-state index in [0.717, 1.165) is 16.5 Å². The molecule has 1 amide bonds. The summed E-state index contributed by atoms with van der Waals surface area (Å²) in [5, 5.41) is 9.88. The minimum absolute atomic E-state index is 0.154. The minimum atomic E-state index is -0.641. The Morgan fingerprint density at radius 3 is 2.66 bits per heavy atom. The Hall–Kier alpha value is -4.18. The Bertz CT molecular complexity index is 1140. The van der Waals surface area contributed by atoms with Crippen LogP contribution in [0.4, 0.5) is 5.69 Å². The molecule has 0 saturated heterocycles. The molecule has 0 aliphatic heterocycles. The van der Waals surface area contributed by atoms with Crippen LogP contribution in [0, 0.1) is 11.3 Å². The molecule has 0 atom stereocenters. The average Bonchev–Trinajstić information content (AvgIpc) is 2.82. The Kier molecular flexibility index (Phi) is 7.93. The normalized spacial score (nSPS) is 10.6. The van der Waals surface area contributed by atoms with Crippen LogP contribution in [0.3, 0.4) is 0 Å². The zero-order chi connectivity index (χ0) is 22.8. The smallest absolute Gasteiger partial charge is 0.331 e. The highest BCUT2D eigenvalue weighted by Crippen LogP contribution is 2.20. The second kappa shape index (κ2) is 11.3. The number of nitrogens with zero attached hydrogens (tertiary/aromatic N) is 3. The maximum atomic E-state index is 12.7. The van der Waals surface area contributed by atoms with Crippen molar-refractivity contribution in [1.82, 2.24) is 4.98 Å². The van der Waals surface area contributed by atoms with Crippen LogP contribution >= 0.6 is 0 Å². The van der Waals surface area contributed by atoms with E-state index >= 15 is 0 Å². The number of aromatic nitrogens is 1. The van der Waals surface area contributed by atoms with E-state index in [4.69, 9.17) is 14.7 Å². The van der Waals surface area contributed by atoms with Crippen molar-refractivity contribution in [1.29, 1.82) is 5.26 Å². The van der Waals surface area contributed by atoms with Crippen molar-refractivity contribution < 1.29 is 19.1 Å². The average molecular weight is 429 g/mol. The van der Waals surface area contributed by atoms with Gasteiger partial charge in [-0.05, 0) is 43.3 Å². The molecule has 0 saturated carbocycles. The number of benzene rings is 2. The highest BCUT2D eigenvalue weighted by molar-refractivity contribution is 5.97. The molecule has 1 aromatic heterocycles. The Balaban J connectivity index is 1.64. The molecule has 0 aliphatic rings. The van der Waals surface area contributed by atoms with Gasteiger partial charge in [-0.15, -0.1) is 0 Å². The molecule has 0 radical (unpaired) electrons. The summed E-state index contributed by atoms with van der Waals surface area (Å²) >= 11 is 0. The maximum Gasteiger partial charge on any atom is 0.331 e. The summed E-state index contributed by atoms with van der Waals surface area (Å²) in [4.78, 5) is 30.6. The molecule has 0 spiro atoms. The quantitative estimate of drug-likeness (QED) is 0.375. The predicted octanol–water partition coefficient (Wildman–Crippen LogP) is 4.14. The molecule has 2 aromatic carbocycles. The first-order valence-electron chi connectivity index (χ1n) is 10.2. The fraction of sp³-hybridized carbons (Fsp3) is 0.200. The second-order valence-corrected chi connectivity index (χ2v) is 6.74. The van der Waals surface area contributed by atoms with Gasteiger partial charge in [-0.2, -0.15) is 5.26 Å². The maximum absolute atomic E-state index is 12.7. The fourth-order valence-electron chi connectivity index (χ4n) is 3.13. The van der Waals surface area contributed by atoms with Gasteiger partial charge in [-0.1, -0.05) is 24.3 Å². The lowest BCUT2D eigenvalue weighted by molar-refractivity contribution is -0.142. The summed E-state index contributed by atoms with van der Waals surface area (Å²) in [6, 6.07) is 18.4. The first-order valence-corrected chi connectivity index (χ1v) is 10.2. The number of esters is 1. The third kappa shape index (κ3) is 5.92. The Morgan fingerprint density at radius 2 is 1.91 bits per heavy atom. The summed E-state index contributed by atoms with van der Waals surface area (Å²) in [6.45, 7) is 2.18. The van der Waals surface area contributed by atoms with E-state index in [1.54, 1.807) is 36.5 Å². The van der Waals surface area contributed by atoms with Crippen molar-refractivity contribution >= 4 is 34.5 Å². The van der Waals surface area contributed by atoms with Crippen molar-refractivity contribution in [3.8, 4) is 11.8 Å². The molecule has 32 heavy (non-hydrogen) atoms. The van der Waals surface area contributed by atoms with Gasteiger partial charge in [0.15, 0.2) is 6.61 Å². The highest BCUT2D eigenvalue weighted by atomic mass is 16.5. The number of rotatable bonds is 9. The monoisotopic (exact) mass is 429 g/mol. The number of carbonyl (C=O) groups excluding carboxylic acids is 2. The zero-order valence-electron chi connectivity index (χ0n) is 17.7. The summed E-state index contributed by atoms with van der Waals surface area (Å²) in [5.41, 5.74) is 2.15. The zero-order valence-corrected chi connectivity index (χ0v) is 17.7. The summed E-state index contributed by atoms with van der Waals surface area (Å²) in [6.07, 6.45) is 4.73. The Labute approximate surface area is 186 Å². The summed E-state index contributed by atoms with van der Waals surface area (Å²) < 4.78 is 10.6. The van der Waals surface area contributed by atoms with E-state index in [1.165, 1.54) is 11.0 Å². The van der Waals surface area contributed by atoms with Crippen LogP contribution < -0.4 is 9.64 Å². The number of anilines is 1. The topological polar surface area (TPSA) is 92.5 Å². The minimum Gasteiger partial charge on any atom is -0.494 e. The highest BCUT2D eigenvalue weighted by Gasteiger charge is 2.17. The van der Waals surface area contributed by atoms with Crippen LogP contribution in [0.1, 0.15) is 18.9 Å².